The Morgan fingerprint density at radius 1 is 0.436 bits per heavy atom. The van der Waals surface area contributed by atoms with Crippen LogP contribution < -0.4 is 0 Å². The summed E-state index contributed by atoms with van der Waals surface area (Å²) in [4.78, 5) is 9.46. The van der Waals surface area contributed by atoms with Crippen molar-refractivity contribution in [3.8, 4) is 22.5 Å². The third-order valence-electron chi connectivity index (χ3n) is 7.20. The van der Waals surface area contributed by atoms with Crippen molar-refractivity contribution >= 4 is 43.9 Å². The Morgan fingerprint density at radius 2 is 0.872 bits per heavy atom. The molecule has 4 aromatic heterocycles. The Hall–Kier alpha value is -4.53. The molecule has 0 radical (unpaired) electrons. The molecule has 4 heterocycles. The first-order valence-electron chi connectivity index (χ1n) is 12.6. The fraction of sp³-hybridized carbons (Fsp3) is 0. The molecule has 0 aliphatic heterocycles. The van der Waals surface area contributed by atoms with E-state index in [1.54, 1.807) is 0 Å². The van der Waals surface area contributed by atoms with E-state index < -0.39 is 0 Å². The zero-order valence-corrected chi connectivity index (χ0v) is 22.9. The van der Waals surface area contributed by atoms with E-state index in [2.05, 4.69) is 118 Å². The summed E-state index contributed by atoms with van der Waals surface area (Å²) in [7, 11) is 0. The van der Waals surface area contributed by atoms with Gasteiger partial charge in [-0.25, -0.2) is 21.1 Å². The molecule has 0 aliphatic rings. The summed E-state index contributed by atoms with van der Waals surface area (Å²) in [5.41, 5.74) is 7.93. The first-order valence-corrected chi connectivity index (χ1v) is 12.6. The minimum atomic E-state index is 0. The molecule has 8 rings (SSSR count). The molecule has 4 nitrogen and oxygen atoms in total. The van der Waals surface area contributed by atoms with Crippen molar-refractivity contribution in [3.05, 3.63) is 134 Å². The third-order valence-corrected chi connectivity index (χ3v) is 7.20. The molecule has 186 valence electrons. The quantitative estimate of drug-likeness (QED) is 0.178. The zero-order chi connectivity index (χ0) is 25.1. The van der Waals surface area contributed by atoms with Gasteiger partial charge in [-0.05, 0) is 47.8 Å². The molecular formula is C34H20N4Pt. The van der Waals surface area contributed by atoms with Crippen LogP contribution in [0.3, 0.4) is 0 Å². The van der Waals surface area contributed by atoms with Gasteiger partial charge in [-0.2, -0.15) is 36.4 Å². The molecule has 4 aromatic carbocycles. The van der Waals surface area contributed by atoms with Gasteiger partial charge in [0.2, 0.25) is 0 Å². The van der Waals surface area contributed by atoms with Gasteiger partial charge < -0.3 is 9.13 Å². The van der Waals surface area contributed by atoms with Gasteiger partial charge in [0, 0.05) is 33.9 Å². The SMILES string of the molecule is [Pt+2].[c-]1c(-c2[c-]c(-n3c4ccccc4c4cccnc43)ccc2)cccc1-n1c2ccccc2c2cccnc21. The van der Waals surface area contributed by atoms with Crippen molar-refractivity contribution in [1.82, 2.24) is 19.1 Å². The van der Waals surface area contributed by atoms with E-state index in [1.165, 1.54) is 10.8 Å². The molecule has 0 bridgehead atoms. The van der Waals surface area contributed by atoms with E-state index in [0.717, 1.165) is 55.6 Å². The minimum absolute atomic E-state index is 0. The van der Waals surface area contributed by atoms with Crippen LogP contribution in [0.5, 0.6) is 0 Å². The fourth-order valence-corrected chi connectivity index (χ4v) is 5.57. The number of aromatic nitrogens is 4. The fourth-order valence-electron chi connectivity index (χ4n) is 5.57. The second kappa shape index (κ2) is 9.34. The molecule has 0 unspecified atom stereocenters. The van der Waals surface area contributed by atoms with Gasteiger partial charge in [0.15, 0.2) is 0 Å². The van der Waals surface area contributed by atoms with E-state index in [4.69, 9.17) is 9.97 Å². The van der Waals surface area contributed by atoms with Crippen molar-refractivity contribution in [2.24, 2.45) is 0 Å². The maximum Gasteiger partial charge on any atom is 2.00 e. The van der Waals surface area contributed by atoms with E-state index in [-0.39, 0.29) is 21.1 Å². The number of hydrogen-bond acceptors (Lipinski definition) is 2. The Labute approximate surface area is 239 Å². The summed E-state index contributed by atoms with van der Waals surface area (Å²) < 4.78 is 4.38. The number of nitrogens with zero attached hydrogens (tertiary/aromatic N) is 4. The molecule has 0 atom stereocenters. The summed E-state index contributed by atoms with van der Waals surface area (Å²) >= 11 is 0. The second-order valence-corrected chi connectivity index (χ2v) is 9.35. The van der Waals surface area contributed by atoms with Crippen LogP contribution in [0.25, 0.3) is 66.4 Å². The van der Waals surface area contributed by atoms with Crippen molar-refractivity contribution in [1.29, 1.82) is 0 Å². The van der Waals surface area contributed by atoms with E-state index in [9.17, 15) is 0 Å². The average Bonchev–Trinajstić information content (AvgIpc) is 3.51. The molecule has 39 heavy (non-hydrogen) atoms. The molecule has 0 saturated heterocycles. The van der Waals surface area contributed by atoms with Crippen LogP contribution in [0.2, 0.25) is 0 Å². The van der Waals surface area contributed by atoms with Gasteiger partial charge in [0.05, 0.1) is 11.0 Å². The third kappa shape index (κ3) is 3.64. The first-order chi connectivity index (χ1) is 18.9. The maximum absolute atomic E-state index is 4.73. The topological polar surface area (TPSA) is 35.6 Å². The first kappa shape index (κ1) is 23.6. The Morgan fingerprint density at radius 3 is 1.36 bits per heavy atom. The predicted molar refractivity (Wildman–Crippen MR) is 154 cm³/mol. The summed E-state index contributed by atoms with van der Waals surface area (Å²) in [6.07, 6.45) is 3.69. The molecule has 0 spiro atoms. The molecule has 0 N–H and O–H groups in total. The molecule has 8 aromatic rings. The number of rotatable bonds is 3. The zero-order valence-electron chi connectivity index (χ0n) is 20.7. The van der Waals surface area contributed by atoms with Crippen LogP contribution in [0.1, 0.15) is 0 Å². The van der Waals surface area contributed by atoms with Crippen LogP contribution in [0.15, 0.2) is 122 Å². The summed E-state index contributed by atoms with van der Waals surface area (Å²) in [6, 6.07) is 44.9. The summed E-state index contributed by atoms with van der Waals surface area (Å²) in [6.45, 7) is 0. The molecule has 0 amide bonds. The maximum atomic E-state index is 4.73. The molecule has 0 aliphatic carbocycles. The van der Waals surface area contributed by atoms with Gasteiger partial charge in [-0.3, -0.25) is 0 Å². The average molecular weight is 680 g/mol. The van der Waals surface area contributed by atoms with Crippen LogP contribution in [0.4, 0.5) is 0 Å². The Bertz CT molecular complexity index is 1890. The largest absolute Gasteiger partial charge is 2.00 e. The number of pyridine rings is 2. The molecule has 0 fully saturated rings. The number of benzene rings is 4. The normalized spacial score (nSPS) is 11.4. The minimum Gasteiger partial charge on any atom is -0.313 e. The number of fused-ring (bicyclic) bond motifs is 6. The molecule has 0 saturated carbocycles. The van der Waals surface area contributed by atoms with Gasteiger partial charge in [0.1, 0.15) is 11.3 Å². The Balaban J connectivity index is 0.00000253. The van der Waals surface area contributed by atoms with Crippen molar-refractivity contribution < 1.29 is 21.1 Å². The van der Waals surface area contributed by atoms with Gasteiger partial charge in [-0.15, -0.1) is 12.1 Å². The molecular weight excluding hydrogens is 659 g/mol. The van der Waals surface area contributed by atoms with Crippen LogP contribution >= 0.6 is 0 Å². The monoisotopic (exact) mass is 679 g/mol. The smallest absolute Gasteiger partial charge is 0.313 e. The van der Waals surface area contributed by atoms with E-state index in [0.29, 0.717) is 0 Å². The number of para-hydroxylation sites is 2. The summed E-state index contributed by atoms with van der Waals surface area (Å²) in [5, 5.41) is 4.63. The van der Waals surface area contributed by atoms with Gasteiger partial charge in [0.25, 0.3) is 0 Å². The molecule has 5 heteroatoms. The van der Waals surface area contributed by atoms with E-state index in [1.807, 2.05) is 24.5 Å². The van der Waals surface area contributed by atoms with Gasteiger partial charge in [-0.1, -0.05) is 36.4 Å². The Kier molecular flexibility index (Phi) is 5.64. The van der Waals surface area contributed by atoms with Gasteiger partial charge >= 0.3 is 21.1 Å². The summed E-state index contributed by atoms with van der Waals surface area (Å²) in [5.74, 6) is 0. The van der Waals surface area contributed by atoms with Crippen LogP contribution in [0, 0.1) is 12.1 Å². The van der Waals surface area contributed by atoms with Crippen molar-refractivity contribution in [2.45, 2.75) is 0 Å². The predicted octanol–water partition coefficient (Wildman–Crippen LogP) is 7.94. The number of hydrogen-bond donors (Lipinski definition) is 0. The van der Waals surface area contributed by atoms with Crippen molar-refractivity contribution in [3.63, 3.8) is 0 Å². The second-order valence-electron chi connectivity index (χ2n) is 9.35. The van der Waals surface area contributed by atoms with Crippen LogP contribution in [-0.4, -0.2) is 19.1 Å². The van der Waals surface area contributed by atoms with Crippen molar-refractivity contribution in [2.75, 3.05) is 0 Å². The van der Waals surface area contributed by atoms with E-state index >= 15 is 0 Å². The van der Waals surface area contributed by atoms with Crippen LogP contribution in [-0.2, 0) is 21.1 Å². The standard InChI is InChI=1S/C34H20N4.Pt/c1-3-17-31-27(13-1)29-15-7-19-35-33(29)37(31)25-11-5-9-23(21-25)24-10-6-12-26(22-24)38-32-18-4-2-14-28(32)30-16-8-20-36-34(30)38;/h1-20H;/q-2;+2.